The molecule has 0 saturated carbocycles. The molecule has 0 unspecified atom stereocenters. The molecule has 2 aromatic rings. The normalized spacial score (nSPS) is 10.4. The van der Waals surface area contributed by atoms with Gasteiger partial charge >= 0.3 is 5.63 Å². The number of benzene rings is 1. The van der Waals surface area contributed by atoms with Gasteiger partial charge in [-0.15, -0.1) is 0 Å². The molecule has 0 aliphatic carbocycles. The standard InChI is InChI=1S/C12H11NO3/c1-8-11(13(2)16-12(8)15)10-5-3-9(7-14)4-6-10/h3-7H,1-2H3. The van der Waals surface area contributed by atoms with Crippen LogP contribution in [0.2, 0.25) is 0 Å². The molecule has 2 rings (SSSR count). The van der Waals surface area contributed by atoms with Gasteiger partial charge in [-0.2, -0.15) is 0 Å². The Morgan fingerprint density at radius 1 is 1.25 bits per heavy atom. The number of hydrogen-bond donors (Lipinski definition) is 0. The monoisotopic (exact) mass is 217 g/mol. The minimum Gasteiger partial charge on any atom is -0.336 e. The zero-order chi connectivity index (χ0) is 11.7. The molecule has 0 saturated heterocycles. The Bertz CT molecular complexity index is 575. The Labute approximate surface area is 92.1 Å². The highest BCUT2D eigenvalue weighted by molar-refractivity contribution is 5.76. The number of hydrogen-bond acceptors (Lipinski definition) is 3. The highest BCUT2D eigenvalue weighted by Crippen LogP contribution is 2.21. The van der Waals surface area contributed by atoms with E-state index < -0.39 is 0 Å². The zero-order valence-electron chi connectivity index (χ0n) is 9.06. The van der Waals surface area contributed by atoms with Crippen LogP contribution in [-0.2, 0) is 7.05 Å². The van der Waals surface area contributed by atoms with Gasteiger partial charge in [-0.05, 0) is 6.92 Å². The third kappa shape index (κ3) is 1.58. The third-order valence-electron chi connectivity index (χ3n) is 2.52. The first-order chi connectivity index (χ1) is 7.63. The lowest BCUT2D eigenvalue weighted by Gasteiger charge is -2.02. The molecule has 0 spiro atoms. The molecule has 16 heavy (non-hydrogen) atoms. The highest BCUT2D eigenvalue weighted by Gasteiger charge is 2.12. The predicted molar refractivity (Wildman–Crippen MR) is 59.5 cm³/mol. The van der Waals surface area contributed by atoms with E-state index in [2.05, 4.69) is 0 Å². The first kappa shape index (κ1) is 10.4. The lowest BCUT2D eigenvalue weighted by molar-refractivity contribution is 0.112. The summed E-state index contributed by atoms with van der Waals surface area (Å²) in [6.45, 7) is 1.72. The second kappa shape index (κ2) is 3.81. The molecule has 0 atom stereocenters. The van der Waals surface area contributed by atoms with Crippen molar-refractivity contribution < 1.29 is 9.32 Å². The summed E-state index contributed by atoms with van der Waals surface area (Å²) < 4.78 is 6.39. The Hall–Kier alpha value is -2.10. The van der Waals surface area contributed by atoms with Crippen LogP contribution in [0.3, 0.4) is 0 Å². The minimum atomic E-state index is -0.336. The van der Waals surface area contributed by atoms with E-state index in [1.807, 2.05) is 0 Å². The van der Waals surface area contributed by atoms with E-state index in [4.69, 9.17) is 4.52 Å². The topological polar surface area (TPSA) is 52.2 Å². The van der Waals surface area contributed by atoms with Gasteiger partial charge in [-0.1, -0.05) is 24.3 Å². The molecule has 82 valence electrons. The molecule has 0 fully saturated rings. The SMILES string of the molecule is Cc1c(-c2ccc(C=O)cc2)n(C)oc1=O. The van der Waals surface area contributed by atoms with Gasteiger partial charge in [0.25, 0.3) is 0 Å². The van der Waals surface area contributed by atoms with E-state index in [-0.39, 0.29) is 5.63 Å². The fourth-order valence-corrected chi connectivity index (χ4v) is 1.69. The molecule has 0 amide bonds. The van der Waals surface area contributed by atoms with Crippen molar-refractivity contribution in [3.63, 3.8) is 0 Å². The van der Waals surface area contributed by atoms with Crippen molar-refractivity contribution in [2.45, 2.75) is 6.92 Å². The molecule has 1 heterocycles. The molecule has 4 heteroatoms. The van der Waals surface area contributed by atoms with Crippen LogP contribution in [0.4, 0.5) is 0 Å². The van der Waals surface area contributed by atoms with Crippen molar-refractivity contribution in [1.29, 1.82) is 0 Å². The quantitative estimate of drug-likeness (QED) is 0.720. The van der Waals surface area contributed by atoms with E-state index in [9.17, 15) is 9.59 Å². The lowest BCUT2D eigenvalue weighted by atomic mass is 10.1. The number of aryl methyl sites for hydroxylation is 1. The summed E-state index contributed by atoms with van der Waals surface area (Å²) in [5.41, 5.74) is 2.44. The van der Waals surface area contributed by atoms with Crippen LogP contribution in [0.5, 0.6) is 0 Å². The molecule has 0 aliphatic heterocycles. The second-order valence-corrected chi connectivity index (χ2v) is 3.59. The van der Waals surface area contributed by atoms with Gasteiger partial charge in [0.15, 0.2) is 0 Å². The van der Waals surface area contributed by atoms with Gasteiger partial charge < -0.3 is 4.52 Å². The molecule has 4 nitrogen and oxygen atoms in total. The van der Waals surface area contributed by atoms with Crippen molar-refractivity contribution in [3.05, 3.63) is 45.8 Å². The Morgan fingerprint density at radius 3 is 2.31 bits per heavy atom. The van der Waals surface area contributed by atoms with Gasteiger partial charge in [0.2, 0.25) is 0 Å². The first-order valence-corrected chi connectivity index (χ1v) is 4.86. The molecule has 0 radical (unpaired) electrons. The minimum absolute atomic E-state index is 0.336. The van der Waals surface area contributed by atoms with Crippen LogP contribution in [0, 0.1) is 6.92 Å². The Balaban J connectivity index is 2.58. The van der Waals surface area contributed by atoms with Crippen LogP contribution >= 0.6 is 0 Å². The van der Waals surface area contributed by atoms with E-state index in [1.54, 1.807) is 38.2 Å². The van der Waals surface area contributed by atoms with Crippen LogP contribution in [0.25, 0.3) is 11.3 Å². The van der Waals surface area contributed by atoms with E-state index in [0.29, 0.717) is 11.1 Å². The largest absolute Gasteiger partial charge is 0.361 e. The highest BCUT2D eigenvalue weighted by atomic mass is 16.5. The Kier molecular flexibility index (Phi) is 2.48. The molecule has 0 bridgehead atoms. The van der Waals surface area contributed by atoms with Crippen molar-refractivity contribution in [2.75, 3.05) is 0 Å². The third-order valence-corrected chi connectivity index (χ3v) is 2.52. The van der Waals surface area contributed by atoms with Crippen LogP contribution in [-0.4, -0.2) is 11.0 Å². The molecule has 1 aromatic heterocycles. The van der Waals surface area contributed by atoms with Gasteiger partial charge in [0, 0.05) is 18.2 Å². The summed E-state index contributed by atoms with van der Waals surface area (Å²) >= 11 is 0. The number of rotatable bonds is 2. The van der Waals surface area contributed by atoms with E-state index in [1.165, 1.54) is 4.74 Å². The fraction of sp³-hybridized carbons (Fsp3) is 0.167. The number of nitrogens with zero attached hydrogens (tertiary/aromatic N) is 1. The number of carbonyl (C=O) groups excluding carboxylic acids is 1. The van der Waals surface area contributed by atoms with Crippen LogP contribution in [0.1, 0.15) is 15.9 Å². The van der Waals surface area contributed by atoms with Crippen LogP contribution in [0.15, 0.2) is 33.6 Å². The summed E-state index contributed by atoms with van der Waals surface area (Å²) in [5, 5.41) is 0. The molecule has 0 N–H and O–H groups in total. The van der Waals surface area contributed by atoms with Gasteiger partial charge in [0.1, 0.15) is 6.29 Å². The van der Waals surface area contributed by atoms with Gasteiger partial charge in [0.05, 0.1) is 11.3 Å². The number of carbonyl (C=O) groups is 1. The predicted octanol–water partition coefficient (Wildman–Crippen LogP) is 1.77. The maximum Gasteiger partial charge on any atom is 0.361 e. The smallest absolute Gasteiger partial charge is 0.336 e. The average Bonchev–Trinajstić information content (AvgIpc) is 2.54. The molecule has 0 aliphatic rings. The summed E-state index contributed by atoms with van der Waals surface area (Å²) in [6.07, 6.45) is 0.783. The van der Waals surface area contributed by atoms with Crippen molar-refractivity contribution in [2.24, 2.45) is 7.05 Å². The average molecular weight is 217 g/mol. The van der Waals surface area contributed by atoms with Gasteiger partial charge in [-0.25, -0.2) is 9.53 Å². The Morgan fingerprint density at radius 2 is 1.88 bits per heavy atom. The zero-order valence-corrected chi connectivity index (χ0v) is 9.06. The van der Waals surface area contributed by atoms with E-state index in [0.717, 1.165) is 17.5 Å². The number of aldehydes is 1. The number of aromatic nitrogens is 1. The van der Waals surface area contributed by atoms with Crippen molar-refractivity contribution in [1.82, 2.24) is 4.74 Å². The van der Waals surface area contributed by atoms with Gasteiger partial charge in [-0.3, -0.25) is 4.79 Å². The fourth-order valence-electron chi connectivity index (χ4n) is 1.69. The first-order valence-electron chi connectivity index (χ1n) is 4.86. The second-order valence-electron chi connectivity index (χ2n) is 3.59. The van der Waals surface area contributed by atoms with Crippen LogP contribution < -0.4 is 5.63 Å². The summed E-state index contributed by atoms with van der Waals surface area (Å²) in [7, 11) is 1.68. The van der Waals surface area contributed by atoms with Crippen molar-refractivity contribution in [3.8, 4) is 11.3 Å². The summed E-state index contributed by atoms with van der Waals surface area (Å²) in [4.78, 5) is 21.8. The van der Waals surface area contributed by atoms with Crippen molar-refractivity contribution >= 4 is 6.29 Å². The maximum absolute atomic E-state index is 11.3. The molecular weight excluding hydrogens is 206 g/mol. The maximum atomic E-state index is 11.3. The molecule has 1 aromatic carbocycles. The molecular formula is C12H11NO3. The summed E-state index contributed by atoms with van der Waals surface area (Å²) in [5.74, 6) is 0. The van der Waals surface area contributed by atoms with E-state index >= 15 is 0 Å². The lowest BCUT2D eigenvalue weighted by Crippen LogP contribution is -1.95. The summed E-state index contributed by atoms with van der Waals surface area (Å²) in [6, 6.07) is 7.00.